The number of aliphatic hydroxyl groups excluding tert-OH is 1. The van der Waals surface area contributed by atoms with Gasteiger partial charge in [-0.2, -0.15) is 0 Å². The molecule has 0 aliphatic carbocycles. The van der Waals surface area contributed by atoms with Crippen molar-refractivity contribution in [3.63, 3.8) is 0 Å². The molecular weight excluding hydrogens is 260 g/mol. The van der Waals surface area contributed by atoms with Crippen LogP contribution >= 0.6 is 11.6 Å². The number of methoxy groups -OCH3 is 1. The van der Waals surface area contributed by atoms with Gasteiger partial charge in [0, 0.05) is 36.9 Å². The summed E-state index contributed by atoms with van der Waals surface area (Å²) in [7, 11) is 1.49. The molecular formula is C11H15ClN2O4. The largest absolute Gasteiger partial charge is 0.389 e. The van der Waals surface area contributed by atoms with Crippen LogP contribution in [-0.4, -0.2) is 36.4 Å². The standard InChI is InChI=1S/C11H15ClN2O4/c1-18-7-10(15)6-13-5-8-2-3-9(12)4-11(8)14(16)17/h2-4,10,13,15H,5-7H2,1H3. The Morgan fingerprint density at radius 2 is 2.33 bits per heavy atom. The molecule has 0 amide bonds. The van der Waals surface area contributed by atoms with Crippen molar-refractivity contribution >= 4 is 17.3 Å². The number of nitro benzene ring substituents is 1. The second-order valence-electron chi connectivity index (χ2n) is 3.77. The number of benzene rings is 1. The zero-order valence-corrected chi connectivity index (χ0v) is 10.7. The summed E-state index contributed by atoms with van der Waals surface area (Å²) in [5.41, 5.74) is 0.491. The first-order chi connectivity index (χ1) is 8.54. The number of nitro groups is 1. The number of nitrogens with one attached hydrogen (secondary N) is 1. The van der Waals surface area contributed by atoms with E-state index in [9.17, 15) is 15.2 Å². The lowest BCUT2D eigenvalue weighted by molar-refractivity contribution is -0.385. The Kier molecular flexibility index (Phi) is 6.00. The van der Waals surface area contributed by atoms with Gasteiger partial charge in [0.15, 0.2) is 0 Å². The molecule has 18 heavy (non-hydrogen) atoms. The first-order valence-electron chi connectivity index (χ1n) is 5.35. The highest BCUT2D eigenvalue weighted by atomic mass is 35.5. The summed E-state index contributed by atoms with van der Waals surface area (Å²) in [4.78, 5) is 10.3. The van der Waals surface area contributed by atoms with Crippen LogP contribution < -0.4 is 5.32 Å². The van der Waals surface area contributed by atoms with Gasteiger partial charge in [-0.3, -0.25) is 10.1 Å². The molecule has 0 radical (unpaired) electrons. The molecule has 1 unspecified atom stereocenters. The maximum absolute atomic E-state index is 10.8. The van der Waals surface area contributed by atoms with Gasteiger partial charge in [0.05, 0.1) is 17.6 Å². The van der Waals surface area contributed by atoms with Crippen molar-refractivity contribution in [2.24, 2.45) is 0 Å². The molecule has 0 saturated carbocycles. The molecule has 0 aliphatic heterocycles. The Balaban J connectivity index is 2.59. The summed E-state index contributed by atoms with van der Waals surface area (Å²) in [6.07, 6.45) is -0.638. The molecule has 0 aliphatic rings. The molecule has 0 bridgehead atoms. The average molecular weight is 275 g/mol. The van der Waals surface area contributed by atoms with Crippen molar-refractivity contribution in [1.29, 1.82) is 0 Å². The van der Waals surface area contributed by atoms with Crippen LogP contribution in [0.4, 0.5) is 5.69 Å². The molecule has 2 N–H and O–H groups in total. The SMILES string of the molecule is COCC(O)CNCc1ccc(Cl)cc1[N+](=O)[O-]. The van der Waals surface area contributed by atoms with Crippen molar-refractivity contribution in [2.45, 2.75) is 12.6 Å². The maximum atomic E-state index is 10.8. The zero-order chi connectivity index (χ0) is 13.5. The molecule has 100 valence electrons. The summed E-state index contributed by atoms with van der Waals surface area (Å²) in [5.74, 6) is 0. The van der Waals surface area contributed by atoms with Crippen LogP contribution in [0.1, 0.15) is 5.56 Å². The molecule has 7 heteroatoms. The lowest BCUT2D eigenvalue weighted by atomic mass is 10.2. The number of ether oxygens (including phenoxy) is 1. The van der Waals surface area contributed by atoms with Gasteiger partial charge in [-0.15, -0.1) is 0 Å². The minimum atomic E-state index is -0.638. The van der Waals surface area contributed by atoms with Gasteiger partial charge < -0.3 is 15.2 Å². The van der Waals surface area contributed by atoms with E-state index in [0.29, 0.717) is 17.1 Å². The van der Waals surface area contributed by atoms with E-state index in [0.717, 1.165) is 0 Å². The highest BCUT2D eigenvalue weighted by Crippen LogP contribution is 2.22. The van der Waals surface area contributed by atoms with Crippen molar-refractivity contribution in [3.05, 3.63) is 38.9 Å². The third kappa shape index (κ3) is 4.58. The molecule has 0 aromatic heterocycles. The summed E-state index contributed by atoms with van der Waals surface area (Å²) < 4.78 is 4.77. The number of halogens is 1. The average Bonchev–Trinajstić information content (AvgIpc) is 2.31. The second kappa shape index (κ2) is 7.27. The summed E-state index contributed by atoms with van der Waals surface area (Å²) in [6, 6.07) is 4.50. The van der Waals surface area contributed by atoms with Crippen LogP contribution in [0.15, 0.2) is 18.2 Å². The predicted octanol–water partition coefficient (Wildman–Crippen LogP) is 1.35. The van der Waals surface area contributed by atoms with E-state index in [-0.39, 0.29) is 18.8 Å². The molecule has 1 aromatic carbocycles. The molecule has 1 atom stereocenters. The number of hydrogen-bond acceptors (Lipinski definition) is 5. The van der Waals surface area contributed by atoms with E-state index in [4.69, 9.17) is 16.3 Å². The van der Waals surface area contributed by atoms with E-state index < -0.39 is 11.0 Å². The smallest absolute Gasteiger partial charge is 0.275 e. The molecule has 6 nitrogen and oxygen atoms in total. The van der Waals surface area contributed by atoms with Crippen LogP contribution in [0.25, 0.3) is 0 Å². The van der Waals surface area contributed by atoms with Gasteiger partial charge in [0.1, 0.15) is 0 Å². The lowest BCUT2D eigenvalue weighted by Crippen LogP contribution is -2.29. The third-order valence-electron chi connectivity index (χ3n) is 2.30. The minimum Gasteiger partial charge on any atom is -0.389 e. The van der Waals surface area contributed by atoms with Gasteiger partial charge in [0.2, 0.25) is 0 Å². The minimum absolute atomic E-state index is 0.0313. The molecule has 0 fully saturated rings. The van der Waals surface area contributed by atoms with Crippen molar-refractivity contribution in [2.75, 3.05) is 20.3 Å². The topological polar surface area (TPSA) is 84.6 Å². The maximum Gasteiger partial charge on any atom is 0.275 e. The van der Waals surface area contributed by atoms with E-state index >= 15 is 0 Å². The van der Waals surface area contributed by atoms with Gasteiger partial charge in [-0.25, -0.2) is 0 Å². The monoisotopic (exact) mass is 274 g/mol. The van der Waals surface area contributed by atoms with Crippen molar-refractivity contribution < 1.29 is 14.8 Å². The molecule has 0 spiro atoms. The Bertz CT molecular complexity index is 414. The normalized spacial score (nSPS) is 12.4. The van der Waals surface area contributed by atoms with E-state index in [1.807, 2.05) is 0 Å². The quantitative estimate of drug-likeness (QED) is 0.579. The van der Waals surface area contributed by atoms with Crippen LogP contribution in [0.2, 0.25) is 5.02 Å². The molecule has 0 saturated heterocycles. The van der Waals surface area contributed by atoms with Crippen molar-refractivity contribution in [1.82, 2.24) is 5.32 Å². The summed E-state index contributed by atoms with van der Waals surface area (Å²) in [5, 5.41) is 23.5. The zero-order valence-electron chi connectivity index (χ0n) is 9.93. The Morgan fingerprint density at radius 3 is 2.94 bits per heavy atom. The fourth-order valence-corrected chi connectivity index (χ4v) is 1.65. The number of nitrogens with zero attached hydrogens (tertiary/aromatic N) is 1. The fraction of sp³-hybridized carbons (Fsp3) is 0.455. The number of aliphatic hydroxyl groups is 1. The fourth-order valence-electron chi connectivity index (χ4n) is 1.48. The second-order valence-corrected chi connectivity index (χ2v) is 4.21. The van der Waals surface area contributed by atoms with Crippen molar-refractivity contribution in [3.8, 4) is 0 Å². The van der Waals surface area contributed by atoms with E-state index in [2.05, 4.69) is 5.32 Å². The highest BCUT2D eigenvalue weighted by molar-refractivity contribution is 6.30. The third-order valence-corrected chi connectivity index (χ3v) is 2.53. The van der Waals surface area contributed by atoms with Gasteiger partial charge >= 0.3 is 0 Å². The van der Waals surface area contributed by atoms with Crippen LogP contribution in [-0.2, 0) is 11.3 Å². The first-order valence-corrected chi connectivity index (χ1v) is 5.73. The summed E-state index contributed by atoms with van der Waals surface area (Å²) in [6.45, 7) is 0.803. The van der Waals surface area contributed by atoms with Gasteiger partial charge in [0.25, 0.3) is 5.69 Å². The molecule has 1 aromatic rings. The number of rotatable bonds is 7. The first kappa shape index (κ1) is 14.8. The number of hydrogen-bond donors (Lipinski definition) is 2. The Labute approximate surface area is 110 Å². The van der Waals surface area contributed by atoms with Crippen LogP contribution in [0.5, 0.6) is 0 Å². The lowest BCUT2D eigenvalue weighted by Gasteiger charge is -2.10. The highest BCUT2D eigenvalue weighted by Gasteiger charge is 2.14. The molecule has 0 heterocycles. The van der Waals surface area contributed by atoms with Gasteiger partial charge in [-0.1, -0.05) is 11.6 Å². The van der Waals surface area contributed by atoms with Crippen LogP contribution in [0.3, 0.4) is 0 Å². The van der Waals surface area contributed by atoms with E-state index in [1.54, 1.807) is 12.1 Å². The predicted molar refractivity (Wildman–Crippen MR) is 67.7 cm³/mol. The van der Waals surface area contributed by atoms with E-state index in [1.165, 1.54) is 13.2 Å². The Morgan fingerprint density at radius 1 is 1.61 bits per heavy atom. The van der Waals surface area contributed by atoms with Crippen LogP contribution in [0, 0.1) is 10.1 Å². The Hall–Kier alpha value is -1.21. The van der Waals surface area contributed by atoms with Gasteiger partial charge in [-0.05, 0) is 12.1 Å². The summed E-state index contributed by atoms with van der Waals surface area (Å²) >= 11 is 5.71. The molecule has 1 rings (SSSR count).